The van der Waals surface area contributed by atoms with Crippen LogP contribution in [0.4, 0.5) is 5.69 Å². The number of carboxylic acids is 1. The summed E-state index contributed by atoms with van der Waals surface area (Å²) in [6, 6.07) is 5.84. The Morgan fingerprint density at radius 3 is 3.00 bits per heavy atom. The lowest BCUT2D eigenvalue weighted by molar-refractivity contribution is -0.137. The number of hydrogen-bond donors (Lipinski definition) is 2. The zero-order valence-electron chi connectivity index (χ0n) is 12.4. The van der Waals surface area contributed by atoms with Crippen LogP contribution in [0, 0.1) is 3.95 Å². The Labute approximate surface area is 155 Å². The van der Waals surface area contributed by atoms with E-state index >= 15 is 0 Å². The molecule has 1 aromatic carbocycles. The normalized spacial score (nSPS) is 14.3. The van der Waals surface area contributed by atoms with E-state index in [9.17, 15) is 9.90 Å². The van der Waals surface area contributed by atoms with Crippen molar-refractivity contribution in [3.63, 3.8) is 0 Å². The summed E-state index contributed by atoms with van der Waals surface area (Å²) >= 11 is 10.0. The number of aliphatic imine (C=N–C) groups is 1. The smallest absolute Gasteiger partial charge is 0.303 e. The van der Waals surface area contributed by atoms with Crippen LogP contribution in [0.3, 0.4) is 0 Å². The van der Waals surface area contributed by atoms with Crippen LogP contribution >= 0.6 is 39.5 Å². The number of halogens is 1. The standard InChI is InChI=1S/C16H13BrN2O3S2/c17-10-3-4-12-11(7-10)9(8-18-12)6-13-15(22)19(16(23)24-13)5-1-2-14(20)21/h3-4,6-8,22H,1-2,5H2,(H,20,21)/b9-6+. The van der Waals surface area contributed by atoms with Gasteiger partial charge >= 0.3 is 5.97 Å². The van der Waals surface area contributed by atoms with Gasteiger partial charge in [-0.1, -0.05) is 15.9 Å². The molecule has 0 bridgehead atoms. The first-order chi connectivity index (χ1) is 11.5. The highest BCUT2D eigenvalue weighted by Gasteiger charge is 2.16. The van der Waals surface area contributed by atoms with E-state index in [4.69, 9.17) is 17.3 Å². The van der Waals surface area contributed by atoms with Crippen LogP contribution in [-0.4, -0.2) is 27.0 Å². The number of carboxylic acid groups (broad SMARTS) is 1. The van der Waals surface area contributed by atoms with Crippen molar-refractivity contribution in [2.45, 2.75) is 19.4 Å². The first kappa shape index (κ1) is 17.1. The summed E-state index contributed by atoms with van der Waals surface area (Å²) in [5.41, 5.74) is 2.77. The summed E-state index contributed by atoms with van der Waals surface area (Å²) < 4.78 is 3.05. The molecule has 0 radical (unpaired) electrons. The average Bonchev–Trinajstić information content (AvgIpc) is 3.03. The maximum absolute atomic E-state index is 10.6. The minimum absolute atomic E-state index is 0.0432. The van der Waals surface area contributed by atoms with E-state index in [0.29, 0.717) is 21.8 Å². The minimum Gasteiger partial charge on any atom is -0.493 e. The Bertz CT molecular complexity index is 928. The molecule has 1 aromatic heterocycles. The van der Waals surface area contributed by atoms with Crippen LogP contribution in [-0.2, 0) is 11.3 Å². The van der Waals surface area contributed by atoms with Gasteiger partial charge in [0.2, 0.25) is 5.88 Å². The van der Waals surface area contributed by atoms with Crippen LogP contribution in [0.25, 0.3) is 11.6 Å². The molecular weight excluding hydrogens is 412 g/mol. The van der Waals surface area contributed by atoms with Gasteiger partial charge in [-0.05, 0) is 42.9 Å². The van der Waals surface area contributed by atoms with Crippen molar-refractivity contribution in [2.24, 2.45) is 4.99 Å². The van der Waals surface area contributed by atoms with Gasteiger partial charge in [-0.2, -0.15) is 0 Å². The van der Waals surface area contributed by atoms with E-state index in [0.717, 1.165) is 21.3 Å². The van der Waals surface area contributed by atoms with Gasteiger partial charge in [-0.25, -0.2) is 0 Å². The largest absolute Gasteiger partial charge is 0.493 e. The highest BCUT2D eigenvalue weighted by atomic mass is 79.9. The third-order valence-corrected chi connectivity index (χ3v) is 5.44. The molecule has 2 heterocycles. The number of thiazole rings is 1. The Morgan fingerprint density at radius 1 is 1.46 bits per heavy atom. The molecule has 0 fully saturated rings. The van der Waals surface area contributed by atoms with E-state index in [2.05, 4.69) is 20.9 Å². The predicted octanol–water partition coefficient (Wildman–Crippen LogP) is 4.87. The van der Waals surface area contributed by atoms with E-state index in [1.165, 1.54) is 11.3 Å². The maximum Gasteiger partial charge on any atom is 0.303 e. The lowest BCUT2D eigenvalue weighted by Gasteiger charge is -2.03. The van der Waals surface area contributed by atoms with Gasteiger partial charge in [-0.15, -0.1) is 11.3 Å². The molecule has 0 saturated carbocycles. The quantitative estimate of drug-likeness (QED) is 0.671. The molecule has 24 heavy (non-hydrogen) atoms. The van der Waals surface area contributed by atoms with Crippen LogP contribution in [0.2, 0.25) is 0 Å². The molecule has 0 amide bonds. The molecule has 0 unspecified atom stereocenters. The number of benzene rings is 1. The van der Waals surface area contributed by atoms with Gasteiger partial charge in [0.25, 0.3) is 0 Å². The number of fused-ring (bicyclic) bond motifs is 1. The van der Waals surface area contributed by atoms with Crippen molar-refractivity contribution in [2.75, 3.05) is 0 Å². The van der Waals surface area contributed by atoms with Gasteiger partial charge in [0.05, 0.1) is 10.6 Å². The Kier molecular flexibility index (Phi) is 4.98. The molecule has 8 heteroatoms. The molecule has 2 N–H and O–H groups in total. The molecule has 0 atom stereocenters. The molecule has 3 rings (SSSR count). The van der Waals surface area contributed by atoms with Crippen LogP contribution in [0.15, 0.2) is 27.7 Å². The zero-order chi connectivity index (χ0) is 17.3. The average molecular weight is 425 g/mol. The number of nitrogens with zero attached hydrogens (tertiary/aromatic N) is 2. The lowest BCUT2D eigenvalue weighted by atomic mass is 10.1. The van der Waals surface area contributed by atoms with Crippen molar-refractivity contribution >= 4 is 69.0 Å². The fourth-order valence-corrected chi connectivity index (χ4v) is 4.08. The summed E-state index contributed by atoms with van der Waals surface area (Å²) in [4.78, 5) is 15.6. The second-order valence-corrected chi connectivity index (χ2v) is 7.82. The molecule has 5 nitrogen and oxygen atoms in total. The maximum atomic E-state index is 10.6. The van der Waals surface area contributed by atoms with E-state index in [1.807, 2.05) is 24.3 Å². The molecule has 0 spiro atoms. The number of aromatic hydroxyl groups is 1. The van der Waals surface area contributed by atoms with Gasteiger partial charge in [0.1, 0.15) is 0 Å². The highest BCUT2D eigenvalue weighted by molar-refractivity contribution is 9.10. The molecule has 2 aromatic rings. The lowest BCUT2D eigenvalue weighted by Crippen LogP contribution is -2.01. The number of aromatic nitrogens is 1. The molecular formula is C16H13BrN2O3S2. The number of carbonyl (C=O) groups is 1. The number of rotatable bonds is 5. The second kappa shape index (κ2) is 7.00. The van der Waals surface area contributed by atoms with E-state index < -0.39 is 5.97 Å². The first-order valence-electron chi connectivity index (χ1n) is 7.16. The Morgan fingerprint density at radius 2 is 2.25 bits per heavy atom. The zero-order valence-corrected chi connectivity index (χ0v) is 15.6. The van der Waals surface area contributed by atoms with Gasteiger partial charge in [0.15, 0.2) is 3.95 Å². The van der Waals surface area contributed by atoms with Crippen molar-refractivity contribution in [1.29, 1.82) is 0 Å². The van der Waals surface area contributed by atoms with E-state index in [1.54, 1.807) is 10.8 Å². The fraction of sp³-hybridized carbons (Fsp3) is 0.188. The summed E-state index contributed by atoms with van der Waals surface area (Å²) in [7, 11) is 0. The number of hydrogen-bond acceptors (Lipinski definition) is 5. The Hall–Kier alpha value is -1.77. The van der Waals surface area contributed by atoms with Crippen LogP contribution < -0.4 is 0 Å². The van der Waals surface area contributed by atoms with Crippen molar-refractivity contribution in [3.05, 3.63) is 37.1 Å². The molecule has 124 valence electrons. The number of aliphatic carboxylic acids is 1. The summed E-state index contributed by atoms with van der Waals surface area (Å²) in [6.45, 7) is 0.382. The first-order valence-corrected chi connectivity index (χ1v) is 9.17. The fourth-order valence-electron chi connectivity index (χ4n) is 2.41. The summed E-state index contributed by atoms with van der Waals surface area (Å²) in [5, 5.41) is 19.1. The van der Waals surface area contributed by atoms with Crippen molar-refractivity contribution in [3.8, 4) is 5.88 Å². The topological polar surface area (TPSA) is 74.8 Å². The summed E-state index contributed by atoms with van der Waals surface area (Å²) in [6.07, 6.45) is 4.07. The third-order valence-electron chi connectivity index (χ3n) is 3.56. The Balaban J connectivity index is 1.90. The van der Waals surface area contributed by atoms with Crippen LogP contribution in [0.1, 0.15) is 23.3 Å². The molecule has 0 aliphatic carbocycles. The van der Waals surface area contributed by atoms with Gasteiger partial charge in [-0.3, -0.25) is 14.4 Å². The van der Waals surface area contributed by atoms with Crippen molar-refractivity contribution < 1.29 is 15.0 Å². The second-order valence-electron chi connectivity index (χ2n) is 5.22. The highest BCUT2D eigenvalue weighted by Crippen LogP contribution is 2.37. The predicted molar refractivity (Wildman–Crippen MR) is 102 cm³/mol. The van der Waals surface area contributed by atoms with Crippen molar-refractivity contribution in [1.82, 2.24) is 4.57 Å². The molecule has 1 aliphatic heterocycles. The monoisotopic (exact) mass is 424 g/mol. The SMILES string of the molecule is O=C(O)CCCn1c(O)c(/C=C2\C=Nc3ccc(Br)cc32)sc1=S. The summed E-state index contributed by atoms with van der Waals surface area (Å²) in [5.74, 6) is -0.789. The minimum atomic E-state index is -0.858. The van der Waals surface area contributed by atoms with E-state index in [-0.39, 0.29) is 12.3 Å². The molecule has 0 saturated heterocycles. The molecule has 1 aliphatic rings. The van der Waals surface area contributed by atoms with Gasteiger partial charge in [0, 0.05) is 34.8 Å². The van der Waals surface area contributed by atoms with Crippen LogP contribution in [0.5, 0.6) is 5.88 Å². The third kappa shape index (κ3) is 3.50. The number of allylic oxidation sites excluding steroid dienone is 1. The van der Waals surface area contributed by atoms with Gasteiger partial charge < -0.3 is 10.2 Å².